The quantitative estimate of drug-likeness (QED) is 0.160. The zero-order chi connectivity index (χ0) is 27.0. The minimum atomic E-state index is -1.03. The van der Waals surface area contributed by atoms with Crippen molar-refractivity contribution in [3.05, 3.63) is 52.8 Å². The molecular formula is C32H49N2NaO3. The Bertz CT molecular complexity index is 958. The summed E-state index contributed by atoms with van der Waals surface area (Å²) >= 11 is 0. The Morgan fingerprint density at radius 3 is 2.16 bits per heavy atom. The molecule has 2 rings (SSSR count). The van der Waals surface area contributed by atoms with Crippen LogP contribution in [0.3, 0.4) is 0 Å². The number of hydrogen-bond donors (Lipinski definition) is 1. The number of anilines is 1. The number of unbranched alkanes of at least 4 members (excludes halogenated alkanes) is 6. The summed E-state index contributed by atoms with van der Waals surface area (Å²) in [5.74, 6) is -0.343. The molecule has 1 aromatic carbocycles. The summed E-state index contributed by atoms with van der Waals surface area (Å²) in [6.45, 7) is 7.52. The molecule has 1 N–H and O–H groups in total. The van der Waals surface area contributed by atoms with Crippen LogP contribution in [0.25, 0.3) is 0 Å². The SMILES string of the molecule is CCCCCCC(CCCCCC)CNc1cccc(C(=O)c2cc(CCCC(=O)[O-])n(C)c2CC)c1.[Na+]. The van der Waals surface area contributed by atoms with Crippen molar-refractivity contribution in [1.29, 1.82) is 0 Å². The average Bonchev–Trinajstić information content (AvgIpc) is 3.21. The van der Waals surface area contributed by atoms with E-state index in [9.17, 15) is 14.7 Å². The van der Waals surface area contributed by atoms with Gasteiger partial charge in [-0.3, -0.25) is 4.79 Å². The molecule has 0 saturated carbocycles. The fourth-order valence-electron chi connectivity index (χ4n) is 5.23. The number of hydrogen-bond acceptors (Lipinski definition) is 4. The van der Waals surface area contributed by atoms with Crippen LogP contribution in [0.5, 0.6) is 0 Å². The van der Waals surface area contributed by atoms with Gasteiger partial charge in [0.05, 0.1) is 0 Å². The standard InChI is InChI=1S/C32H50N2O3.Na/c1-5-8-10-12-16-25(17-13-11-9-6-2)24-33-27-19-14-18-26(22-27)32(37)29-23-28(20-15-21-31(35)36)34(4)30(29)7-3;/h14,18-19,22-23,25,33H,5-13,15-17,20-21,24H2,1-4H3,(H,35,36);/q;+1/p-1. The van der Waals surface area contributed by atoms with Gasteiger partial charge in [0.1, 0.15) is 0 Å². The van der Waals surface area contributed by atoms with Crippen molar-refractivity contribution in [2.24, 2.45) is 13.0 Å². The molecule has 0 atom stereocenters. The van der Waals surface area contributed by atoms with Crippen molar-refractivity contribution in [3.63, 3.8) is 0 Å². The number of ketones is 1. The molecule has 1 aromatic heterocycles. The molecule has 206 valence electrons. The summed E-state index contributed by atoms with van der Waals surface area (Å²) in [6.07, 6.45) is 14.8. The third-order valence-electron chi connectivity index (χ3n) is 7.50. The number of aromatic nitrogens is 1. The molecule has 0 fully saturated rings. The first kappa shape index (κ1) is 34.5. The van der Waals surface area contributed by atoms with Crippen LogP contribution in [0.2, 0.25) is 0 Å². The molecule has 1 heterocycles. The molecule has 0 spiro atoms. The molecule has 0 unspecified atom stereocenters. The zero-order valence-electron chi connectivity index (χ0n) is 24.7. The Morgan fingerprint density at radius 1 is 0.921 bits per heavy atom. The van der Waals surface area contributed by atoms with Gasteiger partial charge in [-0.2, -0.15) is 0 Å². The van der Waals surface area contributed by atoms with E-state index in [1.807, 2.05) is 35.9 Å². The molecule has 0 aliphatic heterocycles. The number of carboxylic acid groups (broad SMARTS) is 1. The number of benzene rings is 1. The normalized spacial score (nSPS) is 11.0. The molecule has 5 nitrogen and oxygen atoms in total. The van der Waals surface area contributed by atoms with Crippen molar-refractivity contribution in [2.45, 2.75) is 111 Å². The Hall–Kier alpha value is -1.56. The number of aryl methyl sites for hydroxylation is 1. The Morgan fingerprint density at radius 2 is 1.58 bits per heavy atom. The third kappa shape index (κ3) is 11.7. The molecule has 38 heavy (non-hydrogen) atoms. The summed E-state index contributed by atoms with van der Waals surface area (Å²) in [5.41, 5.74) is 4.39. The number of aliphatic carboxylic acids is 1. The Kier molecular flexibility index (Phi) is 17.7. The van der Waals surface area contributed by atoms with Gasteiger partial charge in [-0.1, -0.05) is 84.3 Å². The van der Waals surface area contributed by atoms with Gasteiger partial charge < -0.3 is 19.8 Å². The van der Waals surface area contributed by atoms with Gasteiger partial charge in [0.15, 0.2) is 5.78 Å². The van der Waals surface area contributed by atoms with Crippen LogP contribution >= 0.6 is 0 Å². The molecule has 2 aromatic rings. The van der Waals surface area contributed by atoms with Crippen LogP contribution in [0.4, 0.5) is 5.69 Å². The molecule has 0 aliphatic rings. The van der Waals surface area contributed by atoms with E-state index in [2.05, 4.69) is 32.2 Å². The maximum absolute atomic E-state index is 13.5. The number of rotatable bonds is 20. The van der Waals surface area contributed by atoms with Gasteiger partial charge in [-0.25, -0.2) is 0 Å². The second-order valence-electron chi connectivity index (χ2n) is 10.5. The van der Waals surface area contributed by atoms with E-state index in [-0.39, 0.29) is 41.8 Å². The Balaban J connectivity index is 0.00000722. The van der Waals surface area contributed by atoms with Crippen LogP contribution in [0.1, 0.15) is 125 Å². The largest absolute Gasteiger partial charge is 1.00 e. The second kappa shape index (κ2) is 19.5. The maximum atomic E-state index is 13.5. The van der Waals surface area contributed by atoms with Gasteiger partial charge in [0.2, 0.25) is 0 Å². The van der Waals surface area contributed by atoms with Gasteiger partial charge in [-0.15, -0.1) is 0 Å². The number of carbonyl (C=O) groups is 2. The van der Waals surface area contributed by atoms with E-state index in [1.165, 1.54) is 64.2 Å². The molecule has 0 radical (unpaired) electrons. The first-order valence-corrected chi connectivity index (χ1v) is 14.7. The zero-order valence-corrected chi connectivity index (χ0v) is 26.7. The number of nitrogens with one attached hydrogen (secondary N) is 1. The summed E-state index contributed by atoms with van der Waals surface area (Å²) < 4.78 is 2.05. The fraction of sp³-hybridized carbons (Fsp3) is 0.625. The third-order valence-corrected chi connectivity index (χ3v) is 7.50. The van der Waals surface area contributed by atoms with Crippen LogP contribution < -0.4 is 40.0 Å². The van der Waals surface area contributed by atoms with E-state index in [4.69, 9.17) is 0 Å². The number of carboxylic acids is 1. The van der Waals surface area contributed by atoms with Crippen molar-refractivity contribution >= 4 is 17.4 Å². The van der Waals surface area contributed by atoms with Crippen molar-refractivity contribution < 1.29 is 44.3 Å². The van der Waals surface area contributed by atoms with E-state index < -0.39 is 5.97 Å². The van der Waals surface area contributed by atoms with Crippen molar-refractivity contribution in [1.82, 2.24) is 4.57 Å². The fourth-order valence-corrected chi connectivity index (χ4v) is 5.23. The summed E-state index contributed by atoms with van der Waals surface area (Å²) in [5, 5.41) is 14.4. The van der Waals surface area contributed by atoms with Crippen LogP contribution in [0, 0.1) is 5.92 Å². The molecule has 0 amide bonds. The van der Waals surface area contributed by atoms with Crippen molar-refractivity contribution in [3.8, 4) is 0 Å². The number of carbonyl (C=O) groups excluding carboxylic acids is 2. The van der Waals surface area contributed by atoms with E-state index >= 15 is 0 Å². The second-order valence-corrected chi connectivity index (χ2v) is 10.5. The summed E-state index contributed by atoms with van der Waals surface area (Å²) in [4.78, 5) is 24.3. The molecule has 6 heteroatoms. The number of nitrogens with zero attached hydrogens (tertiary/aromatic N) is 1. The van der Waals surface area contributed by atoms with Gasteiger partial charge >= 0.3 is 29.6 Å². The van der Waals surface area contributed by atoms with E-state index in [0.29, 0.717) is 24.3 Å². The summed E-state index contributed by atoms with van der Waals surface area (Å²) in [7, 11) is 1.96. The van der Waals surface area contributed by atoms with Crippen LogP contribution in [-0.4, -0.2) is 22.9 Å². The van der Waals surface area contributed by atoms with Gasteiger partial charge in [0.25, 0.3) is 0 Å². The average molecular weight is 533 g/mol. The van der Waals surface area contributed by atoms with Crippen LogP contribution in [-0.2, 0) is 24.7 Å². The minimum Gasteiger partial charge on any atom is -0.550 e. The maximum Gasteiger partial charge on any atom is 1.00 e. The minimum absolute atomic E-state index is 0. The molecular weight excluding hydrogens is 483 g/mol. The summed E-state index contributed by atoms with van der Waals surface area (Å²) in [6, 6.07) is 9.83. The smallest absolute Gasteiger partial charge is 0.550 e. The van der Waals surface area contributed by atoms with Crippen molar-refractivity contribution in [2.75, 3.05) is 11.9 Å². The predicted octanol–water partition coefficient (Wildman–Crippen LogP) is 3.86. The molecule has 0 bridgehead atoms. The predicted molar refractivity (Wildman–Crippen MR) is 152 cm³/mol. The van der Waals surface area contributed by atoms with Gasteiger partial charge in [0, 0.05) is 47.8 Å². The van der Waals surface area contributed by atoms with Gasteiger partial charge in [-0.05, 0) is 62.6 Å². The molecule has 0 saturated heterocycles. The first-order valence-electron chi connectivity index (χ1n) is 14.7. The van der Waals surface area contributed by atoms with E-state index in [0.717, 1.165) is 35.6 Å². The van der Waals surface area contributed by atoms with Crippen LogP contribution in [0.15, 0.2) is 30.3 Å². The van der Waals surface area contributed by atoms with E-state index in [1.54, 1.807) is 0 Å². The monoisotopic (exact) mass is 532 g/mol. The molecule has 0 aliphatic carbocycles. The topological polar surface area (TPSA) is 74.2 Å². The Labute approximate surface area is 253 Å². The first-order chi connectivity index (χ1) is 17.9.